The molecule has 0 spiro atoms. The zero-order valence-corrected chi connectivity index (χ0v) is 15.3. The van der Waals surface area contributed by atoms with Crippen molar-refractivity contribution in [2.45, 2.75) is 33.3 Å². The molecule has 2 aromatic rings. The maximum atomic E-state index is 11.4. The first-order chi connectivity index (χ1) is 12.2. The first-order valence-electron chi connectivity index (χ1n) is 8.27. The highest BCUT2D eigenvalue weighted by Crippen LogP contribution is 2.16. The summed E-state index contributed by atoms with van der Waals surface area (Å²) in [4.78, 5) is 15.7. The van der Waals surface area contributed by atoms with E-state index in [0.29, 0.717) is 24.0 Å². The number of hydrogen-bond donors (Lipinski definition) is 1. The summed E-state index contributed by atoms with van der Waals surface area (Å²) in [6.45, 7) is 5.66. The van der Waals surface area contributed by atoms with Gasteiger partial charge in [-0.25, -0.2) is 4.98 Å². The summed E-state index contributed by atoms with van der Waals surface area (Å²) in [6.07, 6.45) is 2.93. The van der Waals surface area contributed by atoms with Crippen LogP contribution in [0.1, 0.15) is 37.1 Å². The zero-order valence-electron chi connectivity index (χ0n) is 14.5. The molecule has 6 nitrogen and oxygen atoms in total. The third-order valence-electron chi connectivity index (χ3n) is 3.15. The second-order valence-electron chi connectivity index (χ2n) is 5.29. The smallest absolute Gasteiger partial charge is 0.311 e. The van der Waals surface area contributed by atoms with Crippen molar-refractivity contribution in [1.82, 2.24) is 4.98 Å². The van der Waals surface area contributed by atoms with Crippen LogP contribution in [0.5, 0.6) is 0 Å². The summed E-state index contributed by atoms with van der Waals surface area (Å²) in [5, 5.41) is 6.63. The van der Waals surface area contributed by atoms with Crippen molar-refractivity contribution in [3.8, 4) is 0 Å². The molecule has 0 amide bonds. The summed E-state index contributed by atoms with van der Waals surface area (Å²) in [5.41, 5.74) is 5.68. The lowest BCUT2D eigenvalue weighted by Gasteiger charge is -2.02. The quantitative estimate of drug-likeness (QED) is 0.303. The topological polar surface area (TPSA) is 72.8 Å². The van der Waals surface area contributed by atoms with Crippen LogP contribution in [0.25, 0.3) is 0 Å². The summed E-state index contributed by atoms with van der Waals surface area (Å²) in [6, 6.07) is 8.03. The second-order valence-corrected chi connectivity index (χ2v) is 6.15. The number of hydrogen-bond acceptors (Lipinski definition) is 7. The van der Waals surface area contributed by atoms with Gasteiger partial charge in [-0.05, 0) is 24.5 Å². The monoisotopic (exact) mass is 361 g/mol. The largest absolute Gasteiger partial charge is 0.466 e. The van der Waals surface area contributed by atoms with Gasteiger partial charge in [0.2, 0.25) is 5.13 Å². The van der Waals surface area contributed by atoms with Gasteiger partial charge < -0.3 is 9.47 Å². The number of ether oxygens (including phenoxy) is 2. The molecule has 25 heavy (non-hydrogen) atoms. The number of carbonyl (C=O) groups excluding carboxylic acids is 1. The molecule has 2 rings (SSSR count). The van der Waals surface area contributed by atoms with Gasteiger partial charge in [0, 0.05) is 12.0 Å². The number of benzene rings is 1. The van der Waals surface area contributed by atoms with Crippen LogP contribution in [0, 0.1) is 0 Å². The number of rotatable bonds is 10. The molecule has 134 valence electrons. The van der Waals surface area contributed by atoms with Crippen molar-refractivity contribution in [3.05, 3.63) is 46.5 Å². The maximum absolute atomic E-state index is 11.4. The number of aromatic nitrogens is 1. The van der Waals surface area contributed by atoms with Crippen LogP contribution in [0.3, 0.4) is 0 Å². The van der Waals surface area contributed by atoms with E-state index >= 15 is 0 Å². The van der Waals surface area contributed by atoms with Gasteiger partial charge >= 0.3 is 5.97 Å². The first-order valence-corrected chi connectivity index (χ1v) is 9.15. The minimum atomic E-state index is -0.272. The number of carbonyl (C=O) groups is 1. The third-order valence-corrected chi connectivity index (χ3v) is 3.95. The van der Waals surface area contributed by atoms with Crippen molar-refractivity contribution in [2.75, 3.05) is 18.6 Å². The predicted molar refractivity (Wildman–Crippen MR) is 100 cm³/mol. The van der Waals surface area contributed by atoms with E-state index in [4.69, 9.17) is 9.47 Å². The Morgan fingerprint density at radius 3 is 2.84 bits per heavy atom. The maximum Gasteiger partial charge on any atom is 0.311 e. The fourth-order valence-electron chi connectivity index (χ4n) is 2.00. The highest BCUT2D eigenvalue weighted by molar-refractivity contribution is 7.13. The van der Waals surface area contributed by atoms with Crippen molar-refractivity contribution in [1.29, 1.82) is 0 Å². The predicted octanol–water partition coefficient (Wildman–Crippen LogP) is 3.62. The van der Waals surface area contributed by atoms with E-state index in [-0.39, 0.29) is 12.4 Å². The van der Waals surface area contributed by atoms with Gasteiger partial charge in [0.1, 0.15) is 0 Å². The molecule has 1 heterocycles. The van der Waals surface area contributed by atoms with Crippen LogP contribution in [-0.4, -0.2) is 30.4 Å². The van der Waals surface area contributed by atoms with Crippen LogP contribution >= 0.6 is 11.3 Å². The van der Waals surface area contributed by atoms with Crippen LogP contribution < -0.4 is 5.43 Å². The number of nitrogens with zero attached hydrogens (tertiary/aromatic N) is 2. The lowest BCUT2D eigenvalue weighted by molar-refractivity contribution is -0.142. The molecule has 1 aromatic carbocycles. The second kappa shape index (κ2) is 10.6. The minimum absolute atomic E-state index is 0.178. The molecule has 0 radical (unpaired) electrons. The number of nitrogens with one attached hydrogen (secondary N) is 1. The van der Waals surface area contributed by atoms with E-state index in [2.05, 4.69) is 22.4 Å². The molecule has 7 heteroatoms. The van der Waals surface area contributed by atoms with Crippen LogP contribution in [0.15, 0.2) is 34.7 Å². The first kappa shape index (κ1) is 19.1. The third kappa shape index (κ3) is 7.03. The molecule has 0 atom stereocenters. The van der Waals surface area contributed by atoms with Gasteiger partial charge in [-0.15, -0.1) is 11.3 Å². The molecule has 1 aromatic heterocycles. The van der Waals surface area contributed by atoms with E-state index in [1.54, 1.807) is 13.1 Å². The van der Waals surface area contributed by atoms with E-state index < -0.39 is 0 Å². The van der Waals surface area contributed by atoms with E-state index in [1.165, 1.54) is 11.3 Å². The molecule has 0 unspecified atom stereocenters. The number of anilines is 1. The Morgan fingerprint density at radius 1 is 1.32 bits per heavy atom. The molecule has 0 saturated carbocycles. The summed E-state index contributed by atoms with van der Waals surface area (Å²) in [5.74, 6) is -0.272. The zero-order chi connectivity index (χ0) is 17.9. The average Bonchev–Trinajstić information content (AvgIpc) is 3.04. The molecular formula is C18H23N3O3S. The molecule has 0 aliphatic heterocycles. The minimum Gasteiger partial charge on any atom is -0.466 e. The van der Waals surface area contributed by atoms with E-state index in [9.17, 15) is 4.79 Å². The fraction of sp³-hybridized carbons (Fsp3) is 0.389. The SMILES string of the molecule is CCCOCc1ccc(C=NNc2nc(CC(=O)OCC)cs2)cc1. The number of thiazole rings is 1. The van der Waals surface area contributed by atoms with Gasteiger partial charge in [0.25, 0.3) is 0 Å². The Balaban J connectivity index is 1.80. The average molecular weight is 361 g/mol. The van der Waals surface area contributed by atoms with Gasteiger partial charge in [0.05, 0.1) is 31.5 Å². The van der Waals surface area contributed by atoms with Gasteiger partial charge in [-0.1, -0.05) is 31.2 Å². The molecule has 0 fully saturated rings. The molecule has 1 N–H and O–H groups in total. The van der Waals surface area contributed by atoms with Gasteiger partial charge in [-0.2, -0.15) is 5.10 Å². The fourth-order valence-corrected chi connectivity index (χ4v) is 2.65. The standard InChI is InChI=1S/C18H23N3O3S/c1-3-9-23-12-15-7-5-14(6-8-15)11-19-21-18-20-16(13-25-18)10-17(22)24-4-2/h5-8,11,13H,3-4,9-10,12H2,1-2H3,(H,20,21). The number of esters is 1. The van der Waals surface area contributed by atoms with Crippen molar-refractivity contribution < 1.29 is 14.3 Å². The Hall–Kier alpha value is -2.25. The Kier molecular flexibility index (Phi) is 8.08. The summed E-state index contributed by atoms with van der Waals surface area (Å²) >= 11 is 1.40. The highest BCUT2D eigenvalue weighted by Gasteiger charge is 2.07. The van der Waals surface area contributed by atoms with Crippen molar-refractivity contribution in [2.24, 2.45) is 5.10 Å². The van der Waals surface area contributed by atoms with Crippen LogP contribution in [-0.2, 0) is 27.3 Å². The Labute approximate surface area is 151 Å². The molecular weight excluding hydrogens is 338 g/mol. The molecule has 0 aliphatic rings. The molecule has 0 aliphatic carbocycles. The van der Waals surface area contributed by atoms with E-state index in [1.807, 2.05) is 29.6 Å². The lowest BCUT2D eigenvalue weighted by atomic mass is 10.1. The molecule has 0 saturated heterocycles. The van der Waals surface area contributed by atoms with E-state index in [0.717, 1.165) is 24.2 Å². The summed E-state index contributed by atoms with van der Waals surface area (Å²) < 4.78 is 10.4. The lowest BCUT2D eigenvalue weighted by Crippen LogP contribution is -2.07. The van der Waals surface area contributed by atoms with Gasteiger partial charge in [0.15, 0.2) is 0 Å². The summed E-state index contributed by atoms with van der Waals surface area (Å²) in [7, 11) is 0. The van der Waals surface area contributed by atoms with Crippen molar-refractivity contribution in [3.63, 3.8) is 0 Å². The Bertz CT molecular complexity index is 683. The highest BCUT2D eigenvalue weighted by atomic mass is 32.1. The van der Waals surface area contributed by atoms with Crippen molar-refractivity contribution >= 4 is 28.7 Å². The Morgan fingerprint density at radius 2 is 2.12 bits per heavy atom. The van der Waals surface area contributed by atoms with Gasteiger partial charge in [-0.3, -0.25) is 10.2 Å². The number of hydrazone groups is 1. The van der Waals surface area contributed by atoms with Crippen LogP contribution in [0.2, 0.25) is 0 Å². The molecule has 0 bridgehead atoms. The van der Waals surface area contributed by atoms with Crippen LogP contribution in [0.4, 0.5) is 5.13 Å². The normalized spacial score (nSPS) is 11.0.